The van der Waals surface area contributed by atoms with Gasteiger partial charge in [0.2, 0.25) is 5.91 Å². The molecule has 10 heteroatoms. The highest BCUT2D eigenvalue weighted by atomic mass is 35.5. The topological polar surface area (TPSA) is 30.0 Å². The van der Waals surface area contributed by atoms with E-state index in [1.165, 1.54) is 17.8 Å². The third kappa shape index (κ3) is 8.21. The van der Waals surface area contributed by atoms with Crippen LogP contribution in [0.15, 0.2) is 53.4 Å². The van der Waals surface area contributed by atoms with E-state index in [4.69, 9.17) is 11.6 Å². The van der Waals surface area contributed by atoms with Crippen LogP contribution in [0.25, 0.3) is 0 Å². The number of piperazine rings is 1. The maximum absolute atomic E-state index is 12.9. The second-order valence-corrected chi connectivity index (χ2v) is 10.4. The number of anilines is 2. The van der Waals surface area contributed by atoms with Crippen molar-refractivity contribution < 1.29 is 18.0 Å². The van der Waals surface area contributed by atoms with Crippen molar-refractivity contribution in [3.8, 4) is 0 Å². The molecule has 2 aromatic rings. The van der Waals surface area contributed by atoms with Crippen molar-refractivity contribution in [2.45, 2.75) is 30.7 Å². The van der Waals surface area contributed by atoms with Crippen LogP contribution < -0.4 is 9.80 Å². The zero-order valence-corrected chi connectivity index (χ0v) is 21.1. The summed E-state index contributed by atoms with van der Waals surface area (Å²) in [4.78, 5) is 21.8. The van der Waals surface area contributed by atoms with Gasteiger partial charge in [-0.3, -0.25) is 9.69 Å². The number of carbonyl (C=O) groups is 1. The molecule has 2 fully saturated rings. The summed E-state index contributed by atoms with van der Waals surface area (Å²) in [5, 5.41) is 0.737. The minimum atomic E-state index is -4.28. The molecule has 4 rings (SSSR count). The van der Waals surface area contributed by atoms with Crippen LogP contribution in [0.1, 0.15) is 20.3 Å². The molecule has 0 N–H and O–H groups in total. The number of nitrogens with zero attached hydrogens (tertiary/aromatic N) is 4. The number of rotatable bonds is 6. The lowest BCUT2D eigenvalue weighted by Gasteiger charge is -2.36. The van der Waals surface area contributed by atoms with E-state index in [0.717, 1.165) is 56.4 Å². The minimum Gasteiger partial charge on any atom is -0.370 e. The first-order valence-corrected chi connectivity index (χ1v) is 13.1. The van der Waals surface area contributed by atoms with Gasteiger partial charge in [-0.25, -0.2) is 0 Å². The van der Waals surface area contributed by atoms with Gasteiger partial charge < -0.3 is 14.7 Å². The normalized spacial score (nSPS) is 17.5. The van der Waals surface area contributed by atoms with Gasteiger partial charge in [0.15, 0.2) is 0 Å². The Balaban J connectivity index is 0.00000361. The molecule has 36 heavy (non-hydrogen) atoms. The molecule has 0 spiro atoms. The van der Waals surface area contributed by atoms with Gasteiger partial charge in [0.25, 0.3) is 0 Å². The predicted octanol–water partition coefficient (Wildman–Crippen LogP) is 5.84. The third-order valence-corrected chi connectivity index (χ3v) is 7.48. The monoisotopic (exact) mass is 542 g/mol. The summed E-state index contributed by atoms with van der Waals surface area (Å²) in [5.41, 5.74) is -2.22. The van der Waals surface area contributed by atoms with Crippen molar-refractivity contribution in [2.75, 3.05) is 68.7 Å². The number of thioether (sulfide) groups is 1. The predicted molar refractivity (Wildman–Crippen MR) is 143 cm³/mol. The Labute approximate surface area is 221 Å². The van der Waals surface area contributed by atoms with Gasteiger partial charge in [-0.1, -0.05) is 19.0 Å². The first-order valence-electron chi connectivity index (χ1n) is 11.9. The Kier molecular flexibility index (Phi) is 10.2. The molecule has 0 aliphatic carbocycles. The van der Waals surface area contributed by atoms with Gasteiger partial charge in [0.1, 0.15) is 0 Å². The second-order valence-electron chi connectivity index (χ2n) is 8.82. The molecular formula is C26H34ClF3N4OS. The molecule has 2 aromatic carbocycles. The van der Waals surface area contributed by atoms with Crippen LogP contribution in [-0.2, 0) is 4.79 Å². The lowest BCUT2D eigenvalue weighted by Crippen LogP contribution is -2.47. The maximum Gasteiger partial charge on any atom is 0.446 e. The van der Waals surface area contributed by atoms with Crippen molar-refractivity contribution in [3.05, 3.63) is 53.6 Å². The van der Waals surface area contributed by atoms with Crippen LogP contribution in [0.5, 0.6) is 0 Å². The average Bonchev–Trinajstić information content (AvgIpc) is 3.09. The SMILES string of the molecule is C.O=C(CCN1CCN(c2ccc(Cl)cc2)CC1)N1CCCN(c2ccc(SC(F)(F)F)cc2)CC1. The van der Waals surface area contributed by atoms with Crippen molar-refractivity contribution in [3.63, 3.8) is 0 Å². The van der Waals surface area contributed by atoms with Gasteiger partial charge in [0.05, 0.1) is 0 Å². The zero-order valence-electron chi connectivity index (χ0n) is 19.5. The molecule has 0 bridgehead atoms. The molecule has 0 unspecified atom stereocenters. The standard InChI is InChI=1S/C25H30ClF3N4OS.CH4/c26-20-2-4-21(5-3-20)32-16-14-30(15-17-32)13-10-24(34)33-12-1-11-31(18-19-33)22-6-8-23(9-7-22)35-25(27,28)29;/h2-9H,1,10-19H2;1H4. The van der Waals surface area contributed by atoms with Gasteiger partial charge in [-0.2, -0.15) is 13.2 Å². The summed E-state index contributed by atoms with van der Waals surface area (Å²) in [5.74, 6) is 0.170. The summed E-state index contributed by atoms with van der Waals surface area (Å²) >= 11 is 5.88. The van der Waals surface area contributed by atoms with E-state index in [9.17, 15) is 18.0 Å². The molecule has 0 atom stereocenters. The van der Waals surface area contributed by atoms with E-state index in [2.05, 4.69) is 14.7 Å². The molecule has 2 heterocycles. The number of benzene rings is 2. The number of alkyl halides is 3. The highest BCUT2D eigenvalue weighted by Crippen LogP contribution is 2.37. The van der Waals surface area contributed by atoms with Crippen LogP contribution in [0.3, 0.4) is 0 Å². The smallest absolute Gasteiger partial charge is 0.370 e. The number of carbonyl (C=O) groups excluding carboxylic acids is 1. The number of hydrogen-bond acceptors (Lipinski definition) is 5. The van der Waals surface area contributed by atoms with Gasteiger partial charge in [-0.15, -0.1) is 0 Å². The quantitative estimate of drug-likeness (QED) is 0.428. The third-order valence-electron chi connectivity index (χ3n) is 6.49. The highest BCUT2D eigenvalue weighted by molar-refractivity contribution is 8.00. The highest BCUT2D eigenvalue weighted by Gasteiger charge is 2.29. The second kappa shape index (κ2) is 12.9. The molecule has 5 nitrogen and oxygen atoms in total. The molecular weight excluding hydrogens is 509 g/mol. The Bertz CT molecular complexity index is 967. The van der Waals surface area contributed by atoms with Gasteiger partial charge >= 0.3 is 5.51 Å². The number of hydrogen-bond donors (Lipinski definition) is 0. The van der Waals surface area contributed by atoms with Crippen LogP contribution in [0.4, 0.5) is 24.5 Å². The minimum absolute atomic E-state index is 0. The van der Waals surface area contributed by atoms with Crippen molar-refractivity contribution in [1.82, 2.24) is 9.80 Å². The van der Waals surface area contributed by atoms with E-state index >= 15 is 0 Å². The Morgan fingerprint density at radius 2 is 1.36 bits per heavy atom. The van der Waals surface area contributed by atoms with Gasteiger partial charge in [-0.05, 0) is 66.7 Å². The molecule has 198 valence electrons. The largest absolute Gasteiger partial charge is 0.446 e. The Morgan fingerprint density at radius 1 is 0.806 bits per heavy atom. The van der Waals surface area contributed by atoms with E-state index in [-0.39, 0.29) is 30.0 Å². The molecule has 0 saturated carbocycles. The van der Waals surface area contributed by atoms with Crippen molar-refractivity contribution in [1.29, 1.82) is 0 Å². The summed E-state index contributed by atoms with van der Waals surface area (Å²) < 4.78 is 37.7. The fourth-order valence-corrected chi connectivity index (χ4v) is 5.24. The fourth-order valence-electron chi connectivity index (χ4n) is 4.58. The molecule has 2 saturated heterocycles. The first kappa shape index (κ1) is 28.5. The van der Waals surface area contributed by atoms with Gasteiger partial charge in [0, 0.05) is 86.6 Å². The summed E-state index contributed by atoms with van der Waals surface area (Å²) in [6.45, 7) is 7.25. The molecule has 1 amide bonds. The lowest BCUT2D eigenvalue weighted by molar-refractivity contribution is -0.131. The van der Waals surface area contributed by atoms with E-state index in [1.54, 1.807) is 12.1 Å². The molecule has 0 radical (unpaired) electrons. The first-order chi connectivity index (χ1) is 16.8. The maximum atomic E-state index is 12.9. The summed E-state index contributed by atoms with van der Waals surface area (Å²) in [6, 6.07) is 14.4. The summed E-state index contributed by atoms with van der Waals surface area (Å²) in [6.07, 6.45) is 1.34. The van der Waals surface area contributed by atoms with Crippen molar-refractivity contribution >= 4 is 40.6 Å². The summed E-state index contributed by atoms with van der Waals surface area (Å²) in [7, 11) is 0. The zero-order chi connectivity index (χ0) is 24.8. The molecule has 0 aromatic heterocycles. The van der Waals surface area contributed by atoms with E-state index < -0.39 is 5.51 Å². The van der Waals surface area contributed by atoms with E-state index in [1.807, 2.05) is 29.2 Å². The average molecular weight is 543 g/mol. The van der Waals surface area contributed by atoms with Crippen LogP contribution in [0, 0.1) is 0 Å². The Morgan fingerprint density at radius 3 is 1.97 bits per heavy atom. The van der Waals surface area contributed by atoms with Crippen LogP contribution in [-0.4, -0.2) is 80.1 Å². The van der Waals surface area contributed by atoms with E-state index in [0.29, 0.717) is 26.1 Å². The Hall–Kier alpha value is -2.10. The molecule has 2 aliphatic rings. The van der Waals surface area contributed by atoms with Crippen molar-refractivity contribution in [2.24, 2.45) is 0 Å². The molecule has 2 aliphatic heterocycles. The number of halogens is 4. The van der Waals surface area contributed by atoms with Crippen LogP contribution >= 0.6 is 23.4 Å². The lowest BCUT2D eigenvalue weighted by atomic mass is 10.2. The number of amides is 1. The van der Waals surface area contributed by atoms with Crippen LogP contribution in [0.2, 0.25) is 5.02 Å². The fraction of sp³-hybridized carbons (Fsp3) is 0.500.